The van der Waals surface area contributed by atoms with E-state index in [9.17, 15) is 13.2 Å². The summed E-state index contributed by atoms with van der Waals surface area (Å²) in [5, 5.41) is 12.9. The van der Waals surface area contributed by atoms with E-state index in [0.717, 1.165) is 10.7 Å². The predicted molar refractivity (Wildman–Crippen MR) is 61.8 cm³/mol. The number of hydrogen-bond acceptors (Lipinski definition) is 3. The molecule has 0 aliphatic carbocycles. The number of nitrogens with zero attached hydrogens (tertiary/aromatic N) is 3. The lowest BCUT2D eigenvalue weighted by molar-refractivity contribution is -0.137. The second kappa shape index (κ2) is 4.65. The molecule has 0 atom stereocenters. The summed E-state index contributed by atoms with van der Waals surface area (Å²) in [7, 11) is 0. The minimum atomic E-state index is -4.52. The highest BCUT2D eigenvalue weighted by molar-refractivity contribution is 5.45. The van der Waals surface area contributed by atoms with Crippen LogP contribution in [0.2, 0.25) is 0 Å². The van der Waals surface area contributed by atoms with Crippen LogP contribution >= 0.6 is 0 Å². The van der Waals surface area contributed by atoms with Gasteiger partial charge in [0.15, 0.2) is 0 Å². The molecule has 0 bridgehead atoms. The minimum absolute atomic E-state index is 0.0946. The number of aryl methyl sites for hydroxylation is 2. The van der Waals surface area contributed by atoms with Crippen molar-refractivity contribution in [3.05, 3.63) is 41.0 Å². The third-order valence-corrected chi connectivity index (χ3v) is 2.65. The molecule has 0 aliphatic heterocycles. The maximum atomic E-state index is 13.0. The lowest BCUT2D eigenvalue weighted by atomic mass is 10.1. The summed E-state index contributed by atoms with van der Waals surface area (Å²) in [6, 6.07) is 3.64. The number of halogens is 3. The van der Waals surface area contributed by atoms with Gasteiger partial charge >= 0.3 is 6.18 Å². The fraction of sp³-hybridized carbons (Fsp3) is 0.333. The number of alkyl halides is 3. The zero-order valence-corrected chi connectivity index (χ0v) is 10.4. The Bertz CT molecular complexity index is 605. The molecule has 0 fully saturated rings. The molecular formula is C12H12F3N3O. The molecule has 0 radical (unpaired) electrons. The Labute approximate surface area is 107 Å². The minimum Gasteiger partial charge on any atom is -0.392 e. The van der Waals surface area contributed by atoms with E-state index in [0.29, 0.717) is 11.6 Å². The number of hydrogen-bond donors (Lipinski definition) is 1. The van der Waals surface area contributed by atoms with Crippen LogP contribution in [0.4, 0.5) is 13.2 Å². The molecule has 2 rings (SSSR count). The van der Waals surface area contributed by atoms with Gasteiger partial charge in [0.05, 0.1) is 17.9 Å². The van der Waals surface area contributed by atoms with E-state index in [2.05, 4.69) is 10.1 Å². The third-order valence-electron chi connectivity index (χ3n) is 2.65. The van der Waals surface area contributed by atoms with E-state index >= 15 is 0 Å². The molecule has 2 aromatic rings. The third kappa shape index (κ3) is 2.60. The predicted octanol–water partition coefficient (Wildman–Crippen LogP) is 2.40. The summed E-state index contributed by atoms with van der Waals surface area (Å²) in [5.41, 5.74) is -0.736. The number of aliphatic hydroxyl groups is 1. The van der Waals surface area contributed by atoms with Gasteiger partial charge in [-0.25, -0.2) is 9.67 Å². The SMILES string of the molecule is Cc1nc(C)n(-c2ccc(CO)cc2C(F)(F)F)n1. The maximum absolute atomic E-state index is 13.0. The first-order valence-electron chi connectivity index (χ1n) is 5.54. The maximum Gasteiger partial charge on any atom is 0.418 e. The Kier molecular flexibility index (Phi) is 3.32. The topological polar surface area (TPSA) is 50.9 Å². The van der Waals surface area contributed by atoms with Gasteiger partial charge in [-0.1, -0.05) is 6.07 Å². The summed E-state index contributed by atoms with van der Waals surface area (Å²) in [6.45, 7) is 2.75. The molecule has 0 spiro atoms. The van der Waals surface area contributed by atoms with Crippen LogP contribution in [0.15, 0.2) is 18.2 Å². The van der Waals surface area contributed by atoms with Crippen molar-refractivity contribution in [2.24, 2.45) is 0 Å². The van der Waals surface area contributed by atoms with Crippen LogP contribution in [-0.4, -0.2) is 19.9 Å². The zero-order valence-electron chi connectivity index (χ0n) is 10.4. The van der Waals surface area contributed by atoms with Gasteiger partial charge in [0, 0.05) is 0 Å². The lowest BCUT2D eigenvalue weighted by Crippen LogP contribution is -2.13. The van der Waals surface area contributed by atoms with Crippen molar-refractivity contribution in [3.63, 3.8) is 0 Å². The average molecular weight is 271 g/mol. The zero-order chi connectivity index (χ0) is 14.2. The molecule has 102 valence electrons. The molecule has 1 heterocycles. The van der Waals surface area contributed by atoms with Crippen molar-refractivity contribution >= 4 is 0 Å². The van der Waals surface area contributed by atoms with Gasteiger partial charge in [0.1, 0.15) is 11.6 Å². The van der Waals surface area contributed by atoms with E-state index in [1.165, 1.54) is 12.1 Å². The Balaban J connectivity index is 2.66. The molecule has 4 nitrogen and oxygen atoms in total. The molecule has 19 heavy (non-hydrogen) atoms. The van der Waals surface area contributed by atoms with Crippen molar-refractivity contribution in [2.75, 3.05) is 0 Å². The quantitative estimate of drug-likeness (QED) is 0.912. The molecule has 0 saturated carbocycles. The molecule has 0 aliphatic rings. The van der Waals surface area contributed by atoms with Gasteiger partial charge in [0.25, 0.3) is 0 Å². The Morgan fingerprint density at radius 3 is 2.42 bits per heavy atom. The molecule has 1 N–H and O–H groups in total. The first kappa shape index (κ1) is 13.5. The van der Waals surface area contributed by atoms with Crippen LogP contribution in [0.3, 0.4) is 0 Å². The summed E-state index contributed by atoms with van der Waals surface area (Å²) in [4.78, 5) is 3.99. The van der Waals surface area contributed by atoms with Gasteiger partial charge in [-0.05, 0) is 31.5 Å². The Morgan fingerprint density at radius 2 is 1.95 bits per heavy atom. The van der Waals surface area contributed by atoms with E-state index in [1.54, 1.807) is 13.8 Å². The van der Waals surface area contributed by atoms with Crippen LogP contribution in [0.5, 0.6) is 0 Å². The highest BCUT2D eigenvalue weighted by Crippen LogP contribution is 2.34. The number of benzene rings is 1. The highest BCUT2D eigenvalue weighted by atomic mass is 19.4. The van der Waals surface area contributed by atoms with E-state index in [-0.39, 0.29) is 11.3 Å². The number of aromatic nitrogens is 3. The average Bonchev–Trinajstić information content (AvgIpc) is 2.66. The van der Waals surface area contributed by atoms with Crippen molar-refractivity contribution < 1.29 is 18.3 Å². The summed E-state index contributed by atoms with van der Waals surface area (Å²) in [5.74, 6) is 0.775. The van der Waals surface area contributed by atoms with Gasteiger partial charge in [-0.3, -0.25) is 0 Å². The molecule has 1 aromatic heterocycles. The molecule has 1 aromatic carbocycles. The molecule has 0 amide bonds. The monoisotopic (exact) mass is 271 g/mol. The molecule has 0 saturated heterocycles. The lowest BCUT2D eigenvalue weighted by Gasteiger charge is -2.14. The van der Waals surface area contributed by atoms with Crippen LogP contribution < -0.4 is 0 Å². The first-order chi connectivity index (χ1) is 8.82. The second-order valence-electron chi connectivity index (χ2n) is 4.13. The molecule has 0 unspecified atom stereocenters. The van der Waals surface area contributed by atoms with Crippen LogP contribution in [-0.2, 0) is 12.8 Å². The standard InChI is InChI=1S/C12H12F3N3O/c1-7-16-8(2)18(17-7)11-4-3-9(6-19)5-10(11)12(13,14)15/h3-5,19H,6H2,1-2H3. The van der Waals surface area contributed by atoms with E-state index < -0.39 is 18.3 Å². The van der Waals surface area contributed by atoms with E-state index in [4.69, 9.17) is 5.11 Å². The van der Waals surface area contributed by atoms with Crippen LogP contribution in [0.1, 0.15) is 22.8 Å². The molecular weight excluding hydrogens is 259 g/mol. The van der Waals surface area contributed by atoms with Gasteiger partial charge < -0.3 is 5.11 Å². The Morgan fingerprint density at radius 1 is 1.26 bits per heavy atom. The van der Waals surface area contributed by atoms with Crippen molar-refractivity contribution in [2.45, 2.75) is 26.6 Å². The summed E-state index contributed by atoms with van der Waals surface area (Å²) >= 11 is 0. The normalized spacial score (nSPS) is 11.9. The van der Waals surface area contributed by atoms with Crippen LogP contribution in [0, 0.1) is 13.8 Å². The second-order valence-corrected chi connectivity index (χ2v) is 4.13. The largest absolute Gasteiger partial charge is 0.418 e. The summed E-state index contributed by atoms with van der Waals surface area (Å²) < 4.78 is 40.3. The van der Waals surface area contributed by atoms with Gasteiger partial charge in [-0.2, -0.15) is 18.3 Å². The fourth-order valence-electron chi connectivity index (χ4n) is 1.84. The van der Waals surface area contributed by atoms with Gasteiger partial charge in [-0.15, -0.1) is 0 Å². The smallest absolute Gasteiger partial charge is 0.392 e. The van der Waals surface area contributed by atoms with Crippen molar-refractivity contribution in [1.82, 2.24) is 14.8 Å². The molecule has 7 heteroatoms. The summed E-state index contributed by atoms with van der Waals surface area (Å²) in [6.07, 6.45) is -4.52. The number of rotatable bonds is 2. The Hall–Kier alpha value is -1.89. The first-order valence-corrected chi connectivity index (χ1v) is 5.54. The fourth-order valence-corrected chi connectivity index (χ4v) is 1.84. The van der Waals surface area contributed by atoms with Crippen LogP contribution in [0.25, 0.3) is 5.69 Å². The van der Waals surface area contributed by atoms with Crippen molar-refractivity contribution in [1.29, 1.82) is 0 Å². The van der Waals surface area contributed by atoms with E-state index in [1.807, 2.05) is 0 Å². The number of aliphatic hydroxyl groups excluding tert-OH is 1. The van der Waals surface area contributed by atoms with Gasteiger partial charge in [0.2, 0.25) is 0 Å². The van der Waals surface area contributed by atoms with Crippen molar-refractivity contribution in [3.8, 4) is 5.69 Å². The highest BCUT2D eigenvalue weighted by Gasteiger charge is 2.34.